The highest BCUT2D eigenvalue weighted by Crippen LogP contribution is 2.30. The Morgan fingerprint density at radius 3 is 2.44 bits per heavy atom. The van der Waals surface area contributed by atoms with Gasteiger partial charge in [-0.25, -0.2) is 4.39 Å². The van der Waals surface area contributed by atoms with Crippen LogP contribution in [0.25, 0.3) is 0 Å². The summed E-state index contributed by atoms with van der Waals surface area (Å²) in [7, 11) is 0. The zero-order valence-electron chi connectivity index (χ0n) is 15.1. The number of hydrogen-bond donors (Lipinski definition) is 1. The molecule has 0 radical (unpaired) electrons. The Morgan fingerprint density at radius 2 is 1.76 bits per heavy atom. The molecule has 25 heavy (non-hydrogen) atoms. The van der Waals surface area contributed by atoms with Gasteiger partial charge in [0.05, 0.1) is 0 Å². The second kappa shape index (κ2) is 8.65. The lowest BCUT2D eigenvalue weighted by Crippen LogP contribution is -2.30. The minimum atomic E-state index is -0.232. The Hall–Kier alpha value is -2.36. The minimum Gasteiger partial charge on any atom is -0.483 e. The average Bonchev–Trinajstić information content (AvgIpc) is 2.58. The van der Waals surface area contributed by atoms with Crippen molar-refractivity contribution < 1.29 is 13.9 Å². The van der Waals surface area contributed by atoms with E-state index < -0.39 is 0 Å². The molecule has 0 unspecified atom stereocenters. The maximum atomic E-state index is 12.8. The van der Waals surface area contributed by atoms with E-state index >= 15 is 0 Å². The maximum absolute atomic E-state index is 12.8. The summed E-state index contributed by atoms with van der Waals surface area (Å²) >= 11 is 0. The molecule has 134 valence electrons. The number of para-hydroxylation sites is 1. The molecule has 0 aliphatic rings. The predicted molar refractivity (Wildman–Crippen MR) is 98.4 cm³/mol. The minimum absolute atomic E-state index is 0.00361. The molecule has 0 aromatic heterocycles. The molecule has 0 spiro atoms. The molecule has 0 heterocycles. The number of nitrogens with one attached hydrogen (secondary N) is 1. The monoisotopic (exact) mass is 343 g/mol. The highest BCUT2D eigenvalue weighted by molar-refractivity contribution is 5.77. The number of amides is 1. The molecule has 4 heteroatoms. The van der Waals surface area contributed by atoms with E-state index in [-0.39, 0.29) is 23.7 Å². The smallest absolute Gasteiger partial charge is 0.257 e. The summed E-state index contributed by atoms with van der Waals surface area (Å²) in [5.74, 6) is 0.379. The SMILES string of the molecule is CC(C)(C)c1ccccc1OCC(=O)NCCCc1ccc(F)cc1. The van der Waals surface area contributed by atoms with Crippen LogP contribution in [0.1, 0.15) is 38.3 Å². The van der Waals surface area contributed by atoms with Gasteiger partial charge in [0.2, 0.25) is 0 Å². The topological polar surface area (TPSA) is 38.3 Å². The molecule has 3 nitrogen and oxygen atoms in total. The van der Waals surface area contributed by atoms with Crippen molar-refractivity contribution in [1.29, 1.82) is 0 Å². The van der Waals surface area contributed by atoms with Crippen molar-refractivity contribution in [2.24, 2.45) is 0 Å². The summed E-state index contributed by atoms with van der Waals surface area (Å²) in [6, 6.07) is 14.2. The van der Waals surface area contributed by atoms with Crippen molar-refractivity contribution in [3.63, 3.8) is 0 Å². The van der Waals surface area contributed by atoms with Gasteiger partial charge in [-0.2, -0.15) is 0 Å². The standard InChI is InChI=1S/C21H26FNO2/c1-21(2,3)18-8-4-5-9-19(18)25-15-20(24)23-14-6-7-16-10-12-17(22)13-11-16/h4-5,8-13H,6-7,14-15H2,1-3H3,(H,23,24). The van der Waals surface area contributed by atoms with Crippen LogP contribution in [-0.4, -0.2) is 19.1 Å². The molecule has 1 N–H and O–H groups in total. The fourth-order valence-electron chi connectivity index (χ4n) is 2.58. The molecule has 2 aromatic carbocycles. The molecular weight excluding hydrogens is 317 g/mol. The van der Waals surface area contributed by atoms with Gasteiger partial charge in [-0.15, -0.1) is 0 Å². The van der Waals surface area contributed by atoms with Crippen molar-refractivity contribution >= 4 is 5.91 Å². The average molecular weight is 343 g/mol. The first kappa shape index (κ1) is 19.0. The molecule has 0 saturated heterocycles. The number of benzene rings is 2. The van der Waals surface area contributed by atoms with Crippen LogP contribution in [0.2, 0.25) is 0 Å². The zero-order chi connectivity index (χ0) is 18.3. The van der Waals surface area contributed by atoms with Gasteiger partial charge in [-0.3, -0.25) is 4.79 Å². The quantitative estimate of drug-likeness (QED) is 0.763. The Labute approximate surface area is 149 Å². The molecule has 2 rings (SSSR count). The number of halogens is 1. The van der Waals surface area contributed by atoms with Crippen LogP contribution in [0.5, 0.6) is 5.75 Å². The number of carbonyl (C=O) groups is 1. The van der Waals surface area contributed by atoms with Crippen LogP contribution in [0, 0.1) is 5.82 Å². The Balaban J connectivity index is 1.73. The zero-order valence-corrected chi connectivity index (χ0v) is 15.1. The van der Waals surface area contributed by atoms with Gasteiger partial charge < -0.3 is 10.1 Å². The van der Waals surface area contributed by atoms with Crippen LogP contribution in [0.4, 0.5) is 4.39 Å². The summed E-state index contributed by atoms with van der Waals surface area (Å²) in [5.41, 5.74) is 2.10. The van der Waals surface area contributed by atoms with Gasteiger partial charge in [-0.1, -0.05) is 51.1 Å². The Kier molecular flexibility index (Phi) is 6.57. The lowest BCUT2D eigenvalue weighted by molar-refractivity contribution is -0.123. The van der Waals surface area contributed by atoms with Crippen molar-refractivity contribution in [2.75, 3.05) is 13.2 Å². The number of ether oxygens (including phenoxy) is 1. The van der Waals surface area contributed by atoms with Crippen LogP contribution < -0.4 is 10.1 Å². The van der Waals surface area contributed by atoms with Crippen molar-refractivity contribution in [2.45, 2.75) is 39.0 Å². The third-order valence-electron chi connectivity index (χ3n) is 3.93. The molecule has 2 aromatic rings. The van der Waals surface area contributed by atoms with Gasteiger partial charge in [0, 0.05) is 6.54 Å². The lowest BCUT2D eigenvalue weighted by atomic mass is 9.86. The summed E-state index contributed by atoms with van der Waals surface area (Å²) in [6.07, 6.45) is 1.60. The summed E-state index contributed by atoms with van der Waals surface area (Å²) < 4.78 is 18.5. The molecule has 0 aliphatic heterocycles. The number of carbonyl (C=O) groups excluding carboxylic acids is 1. The molecular formula is C21H26FNO2. The first-order chi connectivity index (χ1) is 11.9. The van der Waals surface area contributed by atoms with Gasteiger partial charge in [0.15, 0.2) is 6.61 Å². The molecule has 0 aliphatic carbocycles. The normalized spacial score (nSPS) is 11.2. The fourth-order valence-corrected chi connectivity index (χ4v) is 2.58. The molecule has 0 saturated carbocycles. The lowest BCUT2D eigenvalue weighted by Gasteiger charge is -2.22. The molecule has 0 fully saturated rings. The van der Waals surface area contributed by atoms with E-state index in [0.29, 0.717) is 6.54 Å². The van der Waals surface area contributed by atoms with E-state index in [1.54, 1.807) is 12.1 Å². The number of aryl methyl sites for hydroxylation is 1. The van der Waals surface area contributed by atoms with E-state index in [1.165, 1.54) is 12.1 Å². The van der Waals surface area contributed by atoms with Gasteiger partial charge in [0.1, 0.15) is 11.6 Å². The van der Waals surface area contributed by atoms with Crippen molar-refractivity contribution in [3.8, 4) is 5.75 Å². The second-order valence-electron chi connectivity index (χ2n) is 7.11. The maximum Gasteiger partial charge on any atom is 0.257 e. The second-order valence-corrected chi connectivity index (χ2v) is 7.11. The van der Waals surface area contributed by atoms with E-state index in [2.05, 4.69) is 26.1 Å². The number of hydrogen-bond acceptors (Lipinski definition) is 2. The summed E-state index contributed by atoms with van der Waals surface area (Å²) in [4.78, 5) is 11.9. The highest BCUT2D eigenvalue weighted by atomic mass is 19.1. The summed E-state index contributed by atoms with van der Waals surface area (Å²) in [5, 5.41) is 2.85. The van der Waals surface area contributed by atoms with Gasteiger partial charge in [0.25, 0.3) is 5.91 Å². The van der Waals surface area contributed by atoms with Crippen LogP contribution >= 0.6 is 0 Å². The number of rotatable bonds is 7. The Morgan fingerprint density at radius 1 is 1.08 bits per heavy atom. The van der Waals surface area contributed by atoms with E-state index in [1.807, 2.05) is 24.3 Å². The third kappa shape index (κ3) is 6.22. The molecule has 0 atom stereocenters. The first-order valence-electron chi connectivity index (χ1n) is 8.60. The predicted octanol–water partition coefficient (Wildman–Crippen LogP) is 4.25. The highest BCUT2D eigenvalue weighted by Gasteiger charge is 2.18. The van der Waals surface area contributed by atoms with Gasteiger partial charge >= 0.3 is 0 Å². The Bertz CT molecular complexity index is 690. The van der Waals surface area contributed by atoms with Crippen LogP contribution in [0.15, 0.2) is 48.5 Å². The van der Waals surface area contributed by atoms with E-state index in [9.17, 15) is 9.18 Å². The first-order valence-corrected chi connectivity index (χ1v) is 8.60. The third-order valence-corrected chi connectivity index (χ3v) is 3.93. The van der Waals surface area contributed by atoms with E-state index in [4.69, 9.17) is 4.74 Å². The van der Waals surface area contributed by atoms with Gasteiger partial charge in [-0.05, 0) is 47.6 Å². The fraction of sp³-hybridized carbons (Fsp3) is 0.381. The largest absolute Gasteiger partial charge is 0.483 e. The molecule has 1 amide bonds. The van der Waals surface area contributed by atoms with Crippen LogP contribution in [-0.2, 0) is 16.6 Å². The molecule has 0 bridgehead atoms. The van der Waals surface area contributed by atoms with Crippen LogP contribution in [0.3, 0.4) is 0 Å². The van der Waals surface area contributed by atoms with Crippen molar-refractivity contribution in [1.82, 2.24) is 5.32 Å². The van der Waals surface area contributed by atoms with Crippen molar-refractivity contribution in [3.05, 3.63) is 65.5 Å². The van der Waals surface area contributed by atoms with E-state index in [0.717, 1.165) is 29.7 Å². The summed E-state index contributed by atoms with van der Waals surface area (Å²) in [6.45, 7) is 6.92.